The van der Waals surface area contributed by atoms with Gasteiger partial charge in [0, 0.05) is 26.2 Å². The lowest BCUT2D eigenvalue weighted by Crippen LogP contribution is -2.49. The molecule has 0 spiro atoms. The number of fused-ring (bicyclic) bond motifs is 1. The van der Waals surface area contributed by atoms with Crippen LogP contribution in [0, 0.1) is 5.82 Å². The highest BCUT2D eigenvalue weighted by Crippen LogP contribution is 2.27. The van der Waals surface area contributed by atoms with E-state index in [0.717, 1.165) is 18.6 Å². The minimum Gasteiger partial charge on any atom is -0.486 e. The van der Waals surface area contributed by atoms with E-state index in [1.165, 1.54) is 23.6 Å². The molecule has 6 heteroatoms. The van der Waals surface area contributed by atoms with Gasteiger partial charge in [-0.15, -0.1) is 0 Å². The molecule has 1 saturated heterocycles. The van der Waals surface area contributed by atoms with Crippen LogP contribution in [-0.2, 0) is 19.4 Å². The Bertz CT molecular complexity index is 1090. The Morgan fingerprint density at radius 2 is 1.77 bits per heavy atom. The van der Waals surface area contributed by atoms with Crippen LogP contribution in [0.15, 0.2) is 59.0 Å². The number of nitrogens with zero attached hydrogens (tertiary/aromatic N) is 2. The number of carbonyl (C=O) groups excluding carboxylic acids is 1. The number of aryl methyl sites for hydroxylation is 2. The van der Waals surface area contributed by atoms with Crippen LogP contribution in [0.3, 0.4) is 0 Å². The fourth-order valence-corrected chi connectivity index (χ4v) is 4.38. The number of hydrogen-bond donors (Lipinski definition) is 0. The topological polar surface area (TPSA) is 45.9 Å². The van der Waals surface area contributed by atoms with Gasteiger partial charge in [-0.1, -0.05) is 18.2 Å². The summed E-state index contributed by atoms with van der Waals surface area (Å²) in [5, 5.41) is 0. The van der Waals surface area contributed by atoms with Gasteiger partial charge in [-0.05, 0) is 66.8 Å². The predicted molar refractivity (Wildman–Crippen MR) is 116 cm³/mol. The van der Waals surface area contributed by atoms with Gasteiger partial charge in [0.15, 0.2) is 5.76 Å². The number of piperazine rings is 1. The molecule has 1 aliphatic carbocycles. The number of benzene rings is 2. The molecule has 31 heavy (non-hydrogen) atoms. The second kappa shape index (κ2) is 8.46. The smallest absolute Gasteiger partial charge is 0.289 e. The van der Waals surface area contributed by atoms with Gasteiger partial charge < -0.3 is 19.0 Å². The lowest BCUT2D eigenvalue weighted by atomic mass is 10.1. The Morgan fingerprint density at radius 3 is 2.61 bits per heavy atom. The van der Waals surface area contributed by atoms with Crippen LogP contribution in [0.25, 0.3) is 0 Å². The van der Waals surface area contributed by atoms with Crippen molar-refractivity contribution in [2.45, 2.75) is 25.9 Å². The van der Waals surface area contributed by atoms with Crippen LogP contribution in [-0.4, -0.2) is 37.0 Å². The first-order valence-electron chi connectivity index (χ1n) is 10.8. The van der Waals surface area contributed by atoms with Crippen molar-refractivity contribution in [1.82, 2.24) is 4.90 Å². The zero-order valence-electron chi connectivity index (χ0n) is 17.4. The molecule has 0 atom stereocenters. The van der Waals surface area contributed by atoms with Crippen molar-refractivity contribution in [2.75, 3.05) is 31.1 Å². The van der Waals surface area contributed by atoms with Gasteiger partial charge in [0.25, 0.3) is 5.91 Å². The molecule has 1 fully saturated rings. The van der Waals surface area contributed by atoms with Crippen molar-refractivity contribution in [3.05, 3.63) is 83.1 Å². The van der Waals surface area contributed by atoms with Gasteiger partial charge >= 0.3 is 0 Å². The number of amides is 1. The lowest BCUT2D eigenvalue weighted by molar-refractivity contribution is 0.0710. The monoisotopic (exact) mass is 420 g/mol. The summed E-state index contributed by atoms with van der Waals surface area (Å²) in [6, 6.07) is 16.5. The van der Waals surface area contributed by atoms with Gasteiger partial charge in [-0.3, -0.25) is 4.79 Å². The maximum absolute atomic E-state index is 14.0. The second-order valence-corrected chi connectivity index (χ2v) is 8.07. The summed E-state index contributed by atoms with van der Waals surface area (Å²) in [5.41, 5.74) is 3.36. The van der Waals surface area contributed by atoms with E-state index in [1.54, 1.807) is 29.2 Å². The number of rotatable bonds is 5. The molecule has 160 valence electrons. The standard InChI is InChI=1S/C25H25FN2O3/c26-22-6-1-2-7-23(22)27-12-14-28(15-13-27)25(29)24-11-10-21(31-24)17-30-20-9-8-18-4-3-5-19(18)16-20/h1-2,6-11,16H,3-5,12-15,17H2. The van der Waals surface area contributed by atoms with Gasteiger partial charge in [-0.2, -0.15) is 0 Å². The van der Waals surface area contributed by atoms with Crippen molar-refractivity contribution in [2.24, 2.45) is 0 Å². The van der Waals surface area contributed by atoms with Crippen LogP contribution >= 0.6 is 0 Å². The fourth-order valence-electron chi connectivity index (χ4n) is 4.38. The molecule has 2 aromatic carbocycles. The van der Waals surface area contributed by atoms with Crippen LogP contribution in [0.2, 0.25) is 0 Å². The maximum atomic E-state index is 14.0. The molecular weight excluding hydrogens is 395 g/mol. The van der Waals surface area contributed by atoms with Crippen molar-refractivity contribution in [3.63, 3.8) is 0 Å². The van der Waals surface area contributed by atoms with Crippen LogP contribution in [0.1, 0.15) is 33.9 Å². The third kappa shape index (κ3) is 4.15. The molecule has 5 nitrogen and oxygen atoms in total. The number of anilines is 1. The van der Waals surface area contributed by atoms with Crippen LogP contribution in [0.4, 0.5) is 10.1 Å². The van der Waals surface area contributed by atoms with E-state index in [2.05, 4.69) is 12.1 Å². The minimum atomic E-state index is -0.235. The van der Waals surface area contributed by atoms with Gasteiger partial charge in [0.2, 0.25) is 0 Å². The quantitative estimate of drug-likeness (QED) is 0.612. The molecule has 1 amide bonds. The van der Waals surface area contributed by atoms with Crippen LogP contribution in [0.5, 0.6) is 5.75 Å². The normalized spacial score (nSPS) is 15.8. The highest BCUT2D eigenvalue weighted by molar-refractivity contribution is 5.91. The highest BCUT2D eigenvalue weighted by atomic mass is 19.1. The highest BCUT2D eigenvalue weighted by Gasteiger charge is 2.25. The molecule has 5 rings (SSSR count). The molecule has 0 N–H and O–H groups in total. The molecule has 0 unspecified atom stereocenters. The Hall–Kier alpha value is -3.28. The predicted octanol–water partition coefficient (Wildman–Crippen LogP) is 4.45. The summed E-state index contributed by atoms with van der Waals surface area (Å²) >= 11 is 0. The lowest BCUT2D eigenvalue weighted by Gasteiger charge is -2.35. The Kier molecular flexibility index (Phi) is 5.37. The van der Waals surface area contributed by atoms with E-state index in [1.807, 2.05) is 17.0 Å². The summed E-state index contributed by atoms with van der Waals surface area (Å²) in [4.78, 5) is 16.5. The van der Waals surface area contributed by atoms with Crippen molar-refractivity contribution >= 4 is 11.6 Å². The number of furan rings is 1. The molecule has 2 aliphatic rings. The molecule has 3 aromatic rings. The minimum absolute atomic E-state index is 0.142. The average Bonchev–Trinajstić information content (AvgIpc) is 3.47. The van der Waals surface area contributed by atoms with Gasteiger partial charge in [0.05, 0.1) is 5.69 Å². The molecular formula is C25H25FN2O3. The molecule has 0 saturated carbocycles. The molecule has 2 heterocycles. The first kappa shape index (κ1) is 19.7. The maximum Gasteiger partial charge on any atom is 0.289 e. The van der Waals surface area contributed by atoms with Crippen molar-refractivity contribution < 1.29 is 18.3 Å². The molecule has 0 radical (unpaired) electrons. The summed E-state index contributed by atoms with van der Waals surface area (Å²) in [7, 11) is 0. The number of carbonyl (C=O) groups is 1. The first-order chi connectivity index (χ1) is 15.2. The average molecular weight is 420 g/mol. The molecule has 0 bridgehead atoms. The van der Waals surface area contributed by atoms with E-state index in [9.17, 15) is 9.18 Å². The number of ether oxygens (including phenoxy) is 1. The Morgan fingerprint density at radius 1 is 0.968 bits per heavy atom. The van der Waals surface area contributed by atoms with Crippen molar-refractivity contribution in [1.29, 1.82) is 0 Å². The van der Waals surface area contributed by atoms with Crippen LogP contribution < -0.4 is 9.64 Å². The summed E-state index contributed by atoms with van der Waals surface area (Å²) in [6.07, 6.45) is 3.46. The zero-order valence-corrected chi connectivity index (χ0v) is 17.4. The van der Waals surface area contributed by atoms with Crippen molar-refractivity contribution in [3.8, 4) is 5.75 Å². The molecule has 1 aromatic heterocycles. The SMILES string of the molecule is O=C(c1ccc(COc2ccc3c(c2)CCC3)o1)N1CCN(c2ccccc2F)CC1. The largest absolute Gasteiger partial charge is 0.486 e. The fraction of sp³-hybridized carbons (Fsp3) is 0.320. The summed E-state index contributed by atoms with van der Waals surface area (Å²) < 4.78 is 25.6. The summed E-state index contributed by atoms with van der Waals surface area (Å²) in [6.45, 7) is 2.50. The van der Waals surface area contributed by atoms with E-state index in [4.69, 9.17) is 9.15 Å². The number of para-hydroxylation sites is 1. The Balaban J connectivity index is 1.16. The first-order valence-corrected chi connectivity index (χ1v) is 10.8. The zero-order chi connectivity index (χ0) is 21.2. The number of halogens is 1. The third-order valence-corrected chi connectivity index (χ3v) is 6.08. The van der Waals surface area contributed by atoms with Gasteiger partial charge in [0.1, 0.15) is 23.9 Å². The van der Waals surface area contributed by atoms with E-state index < -0.39 is 0 Å². The van der Waals surface area contributed by atoms with E-state index >= 15 is 0 Å². The molecule has 1 aliphatic heterocycles. The Labute approximate surface area is 181 Å². The second-order valence-electron chi connectivity index (χ2n) is 8.07. The van der Waals surface area contributed by atoms with E-state index in [-0.39, 0.29) is 18.3 Å². The third-order valence-electron chi connectivity index (χ3n) is 6.08. The van der Waals surface area contributed by atoms with Gasteiger partial charge in [-0.25, -0.2) is 4.39 Å². The summed E-state index contributed by atoms with van der Waals surface area (Å²) in [5.74, 6) is 1.38. The number of hydrogen-bond acceptors (Lipinski definition) is 4. The van der Waals surface area contributed by atoms with E-state index in [0.29, 0.717) is 43.4 Å².